The molecule has 1 aromatic rings. The van der Waals surface area contributed by atoms with Gasteiger partial charge in [-0.2, -0.15) is 12.6 Å². The van der Waals surface area contributed by atoms with E-state index < -0.39 is 5.60 Å². The summed E-state index contributed by atoms with van der Waals surface area (Å²) in [6, 6.07) is 1.95. The Morgan fingerprint density at radius 2 is 2.10 bits per heavy atom. The van der Waals surface area contributed by atoms with Crippen LogP contribution in [0, 0.1) is 0 Å². The fourth-order valence-corrected chi connectivity index (χ4v) is 3.67. The number of thiol groups is 1. The van der Waals surface area contributed by atoms with Crippen LogP contribution < -0.4 is 10.1 Å². The minimum atomic E-state index is -0.429. The zero-order valence-corrected chi connectivity index (χ0v) is 19.1. The molecule has 1 aliphatic heterocycles. The molecular formula is C24H35NO3S. The quantitative estimate of drug-likeness (QED) is 0.260. The van der Waals surface area contributed by atoms with Crippen molar-refractivity contribution in [2.75, 3.05) is 12.3 Å². The van der Waals surface area contributed by atoms with Crippen LogP contribution >= 0.6 is 12.6 Å². The molecule has 0 spiro atoms. The molecule has 1 aliphatic rings. The number of phenolic OH excluding ortho intramolecular Hbond substituents is 1. The minimum absolute atomic E-state index is 0.00765. The molecule has 1 amide bonds. The second kappa shape index (κ2) is 10.8. The Labute approximate surface area is 180 Å². The van der Waals surface area contributed by atoms with Crippen LogP contribution in [0.2, 0.25) is 0 Å². The van der Waals surface area contributed by atoms with E-state index in [2.05, 4.69) is 51.7 Å². The van der Waals surface area contributed by atoms with Gasteiger partial charge >= 0.3 is 0 Å². The number of rotatable bonds is 10. The summed E-state index contributed by atoms with van der Waals surface area (Å²) in [6.07, 6.45) is 11.7. The van der Waals surface area contributed by atoms with Gasteiger partial charge in [-0.15, -0.1) is 0 Å². The fraction of sp³-hybridized carbons (Fsp3) is 0.542. The van der Waals surface area contributed by atoms with Crippen molar-refractivity contribution >= 4 is 24.6 Å². The SMILES string of the molecule is CCCCCc1cc2c(c(O)c1C(=O)NCCS)C=CC(C)(CCC=C(C)C)O2. The molecule has 0 radical (unpaired) electrons. The van der Waals surface area contributed by atoms with E-state index in [9.17, 15) is 9.90 Å². The Bertz CT molecular complexity index is 781. The Kier molecular flexibility index (Phi) is 8.69. The highest BCUT2D eigenvalue weighted by Crippen LogP contribution is 2.42. The predicted octanol–water partition coefficient (Wildman–Crippen LogP) is 5.70. The molecule has 1 heterocycles. The number of phenols is 1. The van der Waals surface area contributed by atoms with Crippen molar-refractivity contribution in [1.82, 2.24) is 5.32 Å². The van der Waals surface area contributed by atoms with E-state index in [0.717, 1.165) is 44.1 Å². The third kappa shape index (κ3) is 6.30. The number of amides is 1. The van der Waals surface area contributed by atoms with Gasteiger partial charge in [0.05, 0.1) is 11.1 Å². The molecule has 1 unspecified atom stereocenters. The van der Waals surface area contributed by atoms with Gasteiger partial charge < -0.3 is 15.2 Å². The first-order valence-corrected chi connectivity index (χ1v) is 11.2. The number of allylic oxidation sites excluding steroid dienone is 2. The van der Waals surface area contributed by atoms with E-state index in [-0.39, 0.29) is 11.7 Å². The lowest BCUT2D eigenvalue weighted by atomic mass is 9.91. The number of fused-ring (bicyclic) bond motifs is 1. The van der Waals surface area contributed by atoms with Gasteiger partial charge in [0.1, 0.15) is 17.1 Å². The highest BCUT2D eigenvalue weighted by Gasteiger charge is 2.31. The zero-order chi connectivity index (χ0) is 21.4. The molecule has 0 saturated carbocycles. The van der Waals surface area contributed by atoms with E-state index in [0.29, 0.717) is 29.2 Å². The van der Waals surface area contributed by atoms with E-state index in [4.69, 9.17) is 4.74 Å². The standard InChI is InChI=1S/C24H35NO3S/c1-5-6-7-10-18-16-20-19(22(26)21(18)23(27)25-14-15-29)11-13-24(4,28-20)12-8-9-17(2)3/h9,11,13,16,26,29H,5-8,10,12,14-15H2,1-4H3,(H,25,27). The van der Waals surface area contributed by atoms with Crippen molar-refractivity contribution in [3.8, 4) is 11.5 Å². The lowest BCUT2D eigenvalue weighted by molar-refractivity contribution is 0.0952. The molecule has 1 atom stereocenters. The average Bonchev–Trinajstić information content (AvgIpc) is 2.65. The molecule has 4 nitrogen and oxygen atoms in total. The maximum absolute atomic E-state index is 12.7. The third-order valence-electron chi connectivity index (χ3n) is 5.20. The highest BCUT2D eigenvalue weighted by molar-refractivity contribution is 7.80. The molecule has 0 aromatic heterocycles. The molecule has 2 N–H and O–H groups in total. The Balaban J connectivity index is 2.36. The van der Waals surface area contributed by atoms with Gasteiger partial charge in [-0.1, -0.05) is 31.4 Å². The maximum Gasteiger partial charge on any atom is 0.255 e. The maximum atomic E-state index is 12.7. The van der Waals surface area contributed by atoms with Crippen LogP contribution in [-0.2, 0) is 6.42 Å². The lowest BCUT2D eigenvalue weighted by Crippen LogP contribution is -2.32. The van der Waals surface area contributed by atoms with Crippen molar-refractivity contribution in [2.24, 2.45) is 0 Å². The van der Waals surface area contributed by atoms with E-state index in [1.807, 2.05) is 18.2 Å². The Morgan fingerprint density at radius 1 is 1.34 bits per heavy atom. The largest absolute Gasteiger partial charge is 0.506 e. The van der Waals surface area contributed by atoms with Crippen LogP contribution in [0.15, 0.2) is 23.8 Å². The molecule has 0 fully saturated rings. The first-order valence-electron chi connectivity index (χ1n) is 10.6. The van der Waals surface area contributed by atoms with Gasteiger partial charge in [0.2, 0.25) is 0 Å². The summed E-state index contributed by atoms with van der Waals surface area (Å²) in [6.45, 7) is 8.86. The average molecular weight is 418 g/mol. The van der Waals surface area contributed by atoms with Gasteiger partial charge in [-0.25, -0.2) is 0 Å². The van der Waals surface area contributed by atoms with E-state index >= 15 is 0 Å². The monoisotopic (exact) mass is 417 g/mol. The number of aryl methyl sites for hydroxylation is 1. The molecule has 5 heteroatoms. The topological polar surface area (TPSA) is 58.6 Å². The first-order chi connectivity index (χ1) is 13.8. The molecule has 160 valence electrons. The second-order valence-electron chi connectivity index (χ2n) is 8.18. The summed E-state index contributed by atoms with van der Waals surface area (Å²) in [7, 11) is 0. The van der Waals surface area contributed by atoms with Crippen LogP contribution in [-0.4, -0.2) is 28.9 Å². The molecule has 2 rings (SSSR count). The van der Waals surface area contributed by atoms with Gasteiger partial charge in [0.25, 0.3) is 5.91 Å². The zero-order valence-electron chi connectivity index (χ0n) is 18.2. The Morgan fingerprint density at radius 3 is 2.76 bits per heavy atom. The van der Waals surface area contributed by atoms with Crippen LogP contribution in [0.5, 0.6) is 11.5 Å². The summed E-state index contributed by atoms with van der Waals surface area (Å²) in [5.74, 6) is 0.960. The summed E-state index contributed by atoms with van der Waals surface area (Å²) in [4.78, 5) is 12.7. The Hall–Kier alpha value is -1.88. The van der Waals surface area contributed by atoms with E-state index in [1.165, 1.54) is 5.57 Å². The number of benzene rings is 1. The summed E-state index contributed by atoms with van der Waals surface area (Å²) >= 11 is 4.15. The van der Waals surface area contributed by atoms with Gasteiger partial charge in [0, 0.05) is 12.3 Å². The van der Waals surface area contributed by atoms with Gasteiger partial charge in [0.15, 0.2) is 0 Å². The number of hydrogen-bond acceptors (Lipinski definition) is 4. The molecule has 1 aromatic carbocycles. The number of carbonyl (C=O) groups is 1. The normalized spacial score (nSPS) is 17.4. The summed E-state index contributed by atoms with van der Waals surface area (Å²) in [5, 5.41) is 13.8. The second-order valence-corrected chi connectivity index (χ2v) is 8.62. The van der Waals surface area contributed by atoms with Crippen LogP contribution in [0.4, 0.5) is 0 Å². The number of hydrogen-bond donors (Lipinski definition) is 3. The number of nitrogens with one attached hydrogen (secondary N) is 1. The van der Waals surface area contributed by atoms with Crippen LogP contribution in [0.25, 0.3) is 6.08 Å². The summed E-state index contributed by atoms with van der Waals surface area (Å²) in [5.41, 5.74) is 2.65. The predicted molar refractivity (Wildman–Crippen MR) is 124 cm³/mol. The number of ether oxygens (including phenoxy) is 1. The van der Waals surface area contributed by atoms with Gasteiger partial charge in [-0.3, -0.25) is 4.79 Å². The smallest absolute Gasteiger partial charge is 0.255 e. The van der Waals surface area contributed by atoms with Crippen molar-refractivity contribution < 1.29 is 14.6 Å². The lowest BCUT2D eigenvalue weighted by Gasteiger charge is -2.32. The van der Waals surface area contributed by atoms with E-state index in [1.54, 1.807) is 0 Å². The van der Waals surface area contributed by atoms with Crippen molar-refractivity contribution in [1.29, 1.82) is 0 Å². The minimum Gasteiger partial charge on any atom is -0.506 e. The molecule has 0 saturated heterocycles. The third-order valence-corrected chi connectivity index (χ3v) is 5.42. The molecule has 0 bridgehead atoms. The van der Waals surface area contributed by atoms with Crippen molar-refractivity contribution in [2.45, 2.75) is 71.8 Å². The molecule has 29 heavy (non-hydrogen) atoms. The van der Waals surface area contributed by atoms with Gasteiger partial charge in [-0.05, 0) is 70.2 Å². The van der Waals surface area contributed by atoms with Crippen LogP contribution in [0.1, 0.15) is 81.3 Å². The molecule has 0 aliphatic carbocycles. The van der Waals surface area contributed by atoms with Crippen molar-refractivity contribution in [3.05, 3.63) is 40.5 Å². The first kappa shape index (κ1) is 23.4. The number of aromatic hydroxyl groups is 1. The fourth-order valence-electron chi connectivity index (χ4n) is 3.56. The number of carbonyl (C=O) groups excluding carboxylic acids is 1. The van der Waals surface area contributed by atoms with Crippen LogP contribution in [0.3, 0.4) is 0 Å². The molecular weight excluding hydrogens is 382 g/mol. The highest BCUT2D eigenvalue weighted by atomic mass is 32.1. The summed E-state index contributed by atoms with van der Waals surface area (Å²) < 4.78 is 6.32. The van der Waals surface area contributed by atoms with Crippen molar-refractivity contribution in [3.63, 3.8) is 0 Å². The number of unbranched alkanes of at least 4 members (excludes halogenated alkanes) is 2.